The summed E-state index contributed by atoms with van der Waals surface area (Å²) in [6.45, 7) is 8.23. The third-order valence-corrected chi connectivity index (χ3v) is 3.75. The van der Waals surface area contributed by atoms with Crippen LogP contribution in [-0.4, -0.2) is 29.1 Å². The molecule has 0 saturated heterocycles. The van der Waals surface area contributed by atoms with Crippen LogP contribution < -0.4 is 20.7 Å². The molecular weight excluding hydrogens is 374 g/mol. The van der Waals surface area contributed by atoms with E-state index in [1.807, 2.05) is 27.7 Å². The van der Waals surface area contributed by atoms with Crippen LogP contribution in [-0.2, 0) is 0 Å². The molecule has 0 aliphatic carbocycles. The molecule has 0 heterocycles. The Balaban J connectivity index is 1.91. The summed E-state index contributed by atoms with van der Waals surface area (Å²) in [6, 6.07) is 13.7. The maximum Gasteiger partial charge on any atom is 0.257 e. The third-order valence-electron chi connectivity index (χ3n) is 3.55. The largest absolute Gasteiger partial charge is 0.494 e. The van der Waals surface area contributed by atoms with Gasteiger partial charge in [-0.3, -0.25) is 14.9 Å². The van der Waals surface area contributed by atoms with Crippen LogP contribution in [0.5, 0.6) is 5.75 Å². The summed E-state index contributed by atoms with van der Waals surface area (Å²) in [4.78, 5) is 24.4. The molecule has 7 heteroatoms. The van der Waals surface area contributed by atoms with Crippen LogP contribution in [0.2, 0.25) is 0 Å². The van der Waals surface area contributed by atoms with Gasteiger partial charge in [0.05, 0.1) is 6.61 Å². The van der Waals surface area contributed by atoms with Crippen LogP contribution in [0.4, 0.5) is 5.69 Å². The molecule has 0 aliphatic heterocycles. The van der Waals surface area contributed by atoms with E-state index in [9.17, 15) is 9.59 Å². The highest BCUT2D eigenvalue weighted by Gasteiger charge is 2.15. The fourth-order valence-electron chi connectivity index (χ4n) is 2.32. The second-order valence-electron chi connectivity index (χ2n) is 7.15. The van der Waals surface area contributed by atoms with Crippen molar-refractivity contribution in [1.82, 2.24) is 10.6 Å². The van der Waals surface area contributed by atoms with Gasteiger partial charge in [-0.05, 0) is 88.4 Å². The normalized spacial score (nSPS) is 10.7. The first-order valence-corrected chi connectivity index (χ1v) is 9.36. The van der Waals surface area contributed by atoms with Crippen LogP contribution in [0.3, 0.4) is 0 Å². The molecule has 0 radical (unpaired) electrons. The standard InChI is InChI=1S/C21H25N3O3S/c1-5-27-17-12-8-14(9-13-17)18(25)23-20(28)22-16-10-6-15(7-11-16)19(26)24-21(2,3)4/h6-13H,5H2,1-4H3,(H,24,26)(H2,22,23,25,28). The predicted molar refractivity (Wildman–Crippen MR) is 115 cm³/mol. The number of ether oxygens (including phenoxy) is 1. The summed E-state index contributed by atoms with van der Waals surface area (Å²) in [5, 5.41) is 8.63. The first-order valence-electron chi connectivity index (χ1n) is 8.96. The lowest BCUT2D eigenvalue weighted by atomic mass is 10.1. The molecule has 2 amide bonds. The number of nitrogens with one attached hydrogen (secondary N) is 3. The van der Waals surface area contributed by atoms with Crippen molar-refractivity contribution in [3.8, 4) is 5.75 Å². The van der Waals surface area contributed by atoms with Crippen molar-refractivity contribution in [2.24, 2.45) is 0 Å². The Hall–Kier alpha value is -2.93. The fourth-order valence-corrected chi connectivity index (χ4v) is 2.54. The molecular formula is C21H25N3O3S. The van der Waals surface area contributed by atoms with Gasteiger partial charge in [0.15, 0.2) is 5.11 Å². The molecule has 0 fully saturated rings. The highest BCUT2D eigenvalue weighted by molar-refractivity contribution is 7.80. The number of hydrogen-bond donors (Lipinski definition) is 3. The number of anilines is 1. The Morgan fingerprint density at radius 1 is 0.929 bits per heavy atom. The minimum absolute atomic E-state index is 0.148. The number of hydrogen-bond acceptors (Lipinski definition) is 4. The Morgan fingerprint density at radius 2 is 1.46 bits per heavy atom. The Bertz CT molecular complexity index is 841. The maximum absolute atomic E-state index is 12.3. The fraction of sp³-hybridized carbons (Fsp3) is 0.286. The zero-order valence-electron chi connectivity index (χ0n) is 16.5. The molecule has 3 N–H and O–H groups in total. The smallest absolute Gasteiger partial charge is 0.257 e. The summed E-state index contributed by atoms with van der Waals surface area (Å²) in [6.07, 6.45) is 0. The van der Waals surface area contributed by atoms with Gasteiger partial charge in [0.25, 0.3) is 11.8 Å². The van der Waals surface area contributed by atoms with E-state index >= 15 is 0 Å². The van der Waals surface area contributed by atoms with E-state index in [4.69, 9.17) is 17.0 Å². The van der Waals surface area contributed by atoms with E-state index in [0.29, 0.717) is 29.2 Å². The molecule has 0 aromatic heterocycles. The average molecular weight is 400 g/mol. The summed E-state index contributed by atoms with van der Waals surface area (Å²) < 4.78 is 5.36. The summed E-state index contributed by atoms with van der Waals surface area (Å²) in [7, 11) is 0. The maximum atomic E-state index is 12.3. The van der Waals surface area contributed by atoms with Gasteiger partial charge in [0.1, 0.15) is 5.75 Å². The number of thiocarbonyl (C=S) groups is 1. The lowest BCUT2D eigenvalue weighted by Gasteiger charge is -2.20. The lowest BCUT2D eigenvalue weighted by molar-refractivity contribution is 0.0918. The van der Waals surface area contributed by atoms with Gasteiger partial charge < -0.3 is 15.4 Å². The first-order chi connectivity index (χ1) is 13.2. The molecule has 0 bridgehead atoms. The van der Waals surface area contributed by atoms with E-state index in [1.54, 1.807) is 48.5 Å². The number of amides is 2. The Morgan fingerprint density at radius 3 is 2.00 bits per heavy atom. The van der Waals surface area contributed by atoms with Gasteiger partial charge in [-0.2, -0.15) is 0 Å². The molecule has 0 spiro atoms. The second kappa shape index (κ2) is 9.32. The van der Waals surface area contributed by atoms with Gasteiger partial charge in [0, 0.05) is 22.4 Å². The minimum Gasteiger partial charge on any atom is -0.494 e. The van der Waals surface area contributed by atoms with Crippen molar-refractivity contribution in [2.45, 2.75) is 33.2 Å². The van der Waals surface area contributed by atoms with Crippen molar-refractivity contribution in [3.63, 3.8) is 0 Å². The molecule has 2 aromatic carbocycles. The minimum atomic E-state index is -0.318. The monoisotopic (exact) mass is 399 g/mol. The molecule has 0 aliphatic rings. The second-order valence-corrected chi connectivity index (χ2v) is 7.56. The van der Waals surface area contributed by atoms with E-state index < -0.39 is 0 Å². The first kappa shape index (κ1) is 21.4. The average Bonchev–Trinajstić information content (AvgIpc) is 2.61. The van der Waals surface area contributed by atoms with Gasteiger partial charge in [-0.15, -0.1) is 0 Å². The van der Waals surface area contributed by atoms with E-state index in [1.165, 1.54) is 0 Å². The van der Waals surface area contributed by atoms with Gasteiger partial charge in [-0.1, -0.05) is 0 Å². The zero-order valence-corrected chi connectivity index (χ0v) is 17.3. The molecule has 0 unspecified atom stereocenters. The molecule has 0 saturated carbocycles. The molecule has 148 valence electrons. The quantitative estimate of drug-likeness (QED) is 0.668. The van der Waals surface area contributed by atoms with Crippen molar-refractivity contribution in [2.75, 3.05) is 11.9 Å². The number of carbonyl (C=O) groups is 2. The van der Waals surface area contributed by atoms with E-state index in [2.05, 4.69) is 16.0 Å². The van der Waals surface area contributed by atoms with Gasteiger partial charge in [0.2, 0.25) is 0 Å². The van der Waals surface area contributed by atoms with Crippen LogP contribution >= 0.6 is 12.2 Å². The molecule has 0 atom stereocenters. The molecule has 2 rings (SSSR count). The van der Waals surface area contributed by atoms with E-state index in [-0.39, 0.29) is 22.5 Å². The Kier molecular flexibility index (Phi) is 7.12. The number of benzene rings is 2. The van der Waals surface area contributed by atoms with E-state index in [0.717, 1.165) is 0 Å². The number of rotatable bonds is 5. The molecule has 6 nitrogen and oxygen atoms in total. The third kappa shape index (κ3) is 6.66. The SMILES string of the molecule is CCOc1ccc(C(=O)NC(=S)Nc2ccc(C(=O)NC(C)(C)C)cc2)cc1. The van der Waals surface area contributed by atoms with Crippen LogP contribution in [0.25, 0.3) is 0 Å². The number of carbonyl (C=O) groups excluding carboxylic acids is 2. The van der Waals surface area contributed by atoms with Crippen molar-refractivity contribution in [3.05, 3.63) is 59.7 Å². The van der Waals surface area contributed by atoms with Crippen molar-refractivity contribution >= 4 is 34.8 Å². The highest BCUT2D eigenvalue weighted by atomic mass is 32.1. The van der Waals surface area contributed by atoms with Gasteiger partial charge >= 0.3 is 0 Å². The zero-order chi connectivity index (χ0) is 20.7. The van der Waals surface area contributed by atoms with Crippen molar-refractivity contribution in [1.29, 1.82) is 0 Å². The summed E-state index contributed by atoms with van der Waals surface area (Å²) in [5.41, 5.74) is 1.39. The molecule has 28 heavy (non-hydrogen) atoms. The van der Waals surface area contributed by atoms with Gasteiger partial charge in [-0.25, -0.2) is 0 Å². The summed E-state index contributed by atoms with van der Waals surface area (Å²) >= 11 is 5.19. The topological polar surface area (TPSA) is 79.5 Å². The van der Waals surface area contributed by atoms with Crippen LogP contribution in [0.1, 0.15) is 48.4 Å². The Labute approximate surface area is 170 Å². The van der Waals surface area contributed by atoms with Crippen LogP contribution in [0, 0.1) is 0 Å². The summed E-state index contributed by atoms with van der Waals surface area (Å²) in [5.74, 6) is 0.238. The lowest BCUT2D eigenvalue weighted by Crippen LogP contribution is -2.40. The predicted octanol–water partition coefficient (Wildman–Crippen LogP) is 3.74. The van der Waals surface area contributed by atoms with Crippen molar-refractivity contribution < 1.29 is 14.3 Å². The van der Waals surface area contributed by atoms with Crippen LogP contribution in [0.15, 0.2) is 48.5 Å². The molecule has 2 aromatic rings. The highest BCUT2D eigenvalue weighted by Crippen LogP contribution is 2.13.